The van der Waals surface area contributed by atoms with Crippen molar-refractivity contribution in [1.82, 2.24) is 9.47 Å². The number of amides is 1. The summed E-state index contributed by atoms with van der Waals surface area (Å²) in [5.41, 5.74) is 9.88. The van der Waals surface area contributed by atoms with E-state index >= 15 is 0 Å². The summed E-state index contributed by atoms with van der Waals surface area (Å²) < 4.78 is 7.36. The molecule has 2 heterocycles. The maximum Gasteiger partial charge on any atom is 0.255 e. The SMILES string of the molecule is COc1ccc(-n2c(C)cc(C(=O)N3CCC(C(C)N)CC3)c2C)cc1.Cl. The predicted octanol–water partition coefficient (Wildman–Crippen LogP) is 3.72. The zero-order valence-corrected chi connectivity index (χ0v) is 17.4. The Morgan fingerprint density at radius 1 is 1.19 bits per heavy atom. The summed E-state index contributed by atoms with van der Waals surface area (Å²) in [6.45, 7) is 7.69. The van der Waals surface area contributed by atoms with Gasteiger partial charge in [-0.05, 0) is 69.9 Å². The number of rotatable bonds is 4. The molecule has 0 bridgehead atoms. The molecule has 0 radical (unpaired) electrons. The summed E-state index contributed by atoms with van der Waals surface area (Å²) in [6.07, 6.45) is 1.97. The van der Waals surface area contributed by atoms with Gasteiger partial charge in [0.2, 0.25) is 0 Å². The van der Waals surface area contributed by atoms with E-state index in [1.165, 1.54) is 0 Å². The Kier molecular flexibility index (Phi) is 6.95. The normalized spacial score (nSPS) is 16.0. The molecule has 148 valence electrons. The zero-order valence-electron chi connectivity index (χ0n) is 16.6. The molecule has 1 aliphatic rings. The zero-order chi connectivity index (χ0) is 18.8. The van der Waals surface area contributed by atoms with Crippen molar-refractivity contribution in [3.63, 3.8) is 0 Å². The second-order valence-corrected chi connectivity index (χ2v) is 7.31. The largest absolute Gasteiger partial charge is 0.497 e. The van der Waals surface area contributed by atoms with E-state index in [2.05, 4.69) is 11.5 Å². The Balaban J connectivity index is 0.00000261. The number of aromatic nitrogens is 1. The van der Waals surface area contributed by atoms with Gasteiger partial charge in [-0.3, -0.25) is 4.79 Å². The molecule has 1 unspecified atom stereocenters. The number of likely N-dealkylation sites (tertiary alicyclic amines) is 1. The lowest BCUT2D eigenvalue weighted by Gasteiger charge is -2.33. The van der Waals surface area contributed by atoms with Crippen molar-refractivity contribution >= 4 is 18.3 Å². The number of hydrogen-bond donors (Lipinski definition) is 1. The number of methoxy groups -OCH3 is 1. The van der Waals surface area contributed by atoms with E-state index in [1.54, 1.807) is 7.11 Å². The lowest BCUT2D eigenvalue weighted by Crippen LogP contribution is -2.42. The standard InChI is InChI=1S/C21H29N3O2.ClH/c1-14-13-20(21(25)23-11-9-17(10-12-23)15(2)22)16(3)24(14)18-5-7-19(26-4)8-6-18;/h5-8,13,15,17H,9-12,22H2,1-4H3;1H. The van der Waals surface area contributed by atoms with E-state index in [-0.39, 0.29) is 24.4 Å². The van der Waals surface area contributed by atoms with E-state index in [0.29, 0.717) is 5.92 Å². The van der Waals surface area contributed by atoms with Gasteiger partial charge in [-0.2, -0.15) is 0 Å². The van der Waals surface area contributed by atoms with Gasteiger partial charge in [0.1, 0.15) is 5.75 Å². The van der Waals surface area contributed by atoms with Crippen LogP contribution >= 0.6 is 12.4 Å². The Morgan fingerprint density at radius 3 is 2.30 bits per heavy atom. The minimum Gasteiger partial charge on any atom is -0.497 e. The van der Waals surface area contributed by atoms with Gasteiger partial charge in [-0.1, -0.05) is 0 Å². The number of piperidine rings is 1. The second kappa shape index (κ2) is 8.81. The van der Waals surface area contributed by atoms with Crippen LogP contribution in [0.5, 0.6) is 5.75 Å². The molecule has 0 spiro atoms. The molecular formula is C21H30ClN3O2. The number of ether oxygens (including phenoxy) is 1. The fraction of sp³-hybridized carbons (Fsp3) is 0.476. The Morgan fingerprint density at radius 2 is 1.78 bits per heavy atom. The van der Waals surface area contributed by atoms with Crippen LogP contribution in [-0.4, -0.2) is 41.6 Å². The highest BCUT2D eigenvalue weighted by atomic mass is 35.5. The van der Waals surface area contributed by atoms with E-state index in [9.17, 15) is 4.79 Å². The topological polar surface area (TPSA) is 60.5 Å². The molecule has 0 aliphatic carbocycles. The van der Waals surface area contributed by atoms with Crippen LogP contribution in [0, 0.1) is 19.8 Å². The smallest absolute Gasteiger partial charge is 0.255 e. The van der Waals surface area contributed by atoms with Gasteiger partial charge < -0.3 is 19.9 Å². The molecule has 1 aromatic heterocycles. The van der Waals surface area contributed by atoms with Crippen molar-refractivity contribution in [2.24, 2.45) is 11.7 Å². The molecule has 3 rings (SSSR count). The van der Waals surface area contributed by atoms with Gasteiger partial charge >= 0.3 is 0 Å². The molecular weight excluding hydrogens is 362 g/mol. The van der Waals surface area contributed by atoms with Gasteiger partial charge in [0, 0.05) is 36.2 Å². The van der Waals surface area contributed by atoms with Crippen LogP contribution in [0.25, 0.3) is 5.69 Å². The summed E-state index contributed by atoms with van der Waals surface area (Å²) in [4.78, 5) is 15.0. The van der Waals surface area contributed by atoms with Crippen LogP contribution in [0.3, 0.4) is 0 Å². The number of nitrogens with two attached hydrogens (primary N) is 1. The number of hydrogen-bond acceptors (Lipinski definition) is 3. The Bertz CT molecular complexity index is 775. The highest BCUT2D eigenvalue weighted by molar-refractivity contribution is 5.96. The number of nitrogens with zero attached hydrogens (tertiary/aromatic N) is 2. The molecule has 1 amide bonds. The van der Waals surface area contributed by atoms with Crippen molar-refractivity contribution in [2.45, 2.75) is 39.7 Å². The molecule has 1 atom stereocenters. The number of aryl methyl sites for hydroxylation is 1. The Hall–Kier alpha value is -1.98. The predicted molar refractivity (Wildman–Crippen MR) is 111 cm³/mol. The molecule has 5 nitrogen and oxygen atoms in total. The maximum atomic E-state index is 13.1. The average Bonchev–Trinajstić information content (AvgIpc) is 2.95. The van der Waals surface area contributed by atoms with Crippen LogP contribution in [-0.2, 0) is 0 Å². The monoisotopic (exact) mass is 391 g/mol. The van der Waals surface area contributed by atoms with Crippen molar-refractivity contribution < 1.29 is 9.53 Å². The third-order valence-corrected chi connectivity index (χ3v) is 5.56. The molecule has 0 saturated carbocycles. The quantitative estimate of drug-likeness (QED) is 0.863. The van der Waals surface area contributed by atoms with Gasteiger partial charge in [-0.15, -0.1) is 12.4 Å². The highest BCUT2D eigenvalue weighted by Crippen LogP contribution is 2.26. The van der Waals surface area contributed by atoms with Gasteiger partial charge in [-0.25, -0.2) is 0 Å². The number of benzene rings is 1. The van der Waals surface area contributed by atoms with E-state index in [1.807, 2.05) is 49.1 Å². The first-order chi connectivity index (χ1) is 12.4. The molecule has 2 N–H and O–H groups in total. The first kappa shape index (κ1) is 21.3. The number of halogens is 1. The molecule has 6 heteroatoms. The van der Waals surface area contributed by atoms with Crippen molar-refractivity contribution in [2.75, 3.05) is 20.2 Å². The van der Waals surface area contributed by atoms with E-state index in [0.717, 1.165) is 54.3 Å². The fourth-order valence-corrected chi connectivity index (χ4v) is 3.91. The van der Waals surface area contributed by atoms with Crippen LogP contribution in [0.15, 0.2) is 30.3 Å². The third kappa shape index (κ3) is 4.30. The minimum absolute atomic E-state index is 0. The van der Waals surface area contributed by atoms with Gasteiger partial charge in [0.25, 0.3) is 5.91 Å². The van der Waals surface area contributed by atoms with Crippen LogP contribution in [0.1, 0.15) is 41.5 Å². The summed E-state index contributed by atoms with van der Waals surface area (Å²) in [5, 5.41) is 0. The lowest BCUT2D eigenvalue weighted by molar-refractivity contribution is 0.0680. The highest BCUT2D eigenvalue weighted by Gasteiger charge is 2.27. The van der Waals surface area contributed by atoms with E-state index in [4.69, 9.17) is 10.5 Å². The molecule has 27 heavy (non-hydrogen) atoms. The average molecular weight is 392 g/mol. The summed E-state index contributed by atoms with van der Waals surface area (Å²) in [6, 6.07) is 10.1. The fourth-order valence-electron chi connectivity index (χ4n) is 3.91. The van der Waals surface area contributed by atoms with E-state index < -0.39 is 0 Å². The molecule has 1 fully saturated rings. The van der Waals surface area contributed by atoms with Crippen LogP contribution in [0.2, 0.25) is 0 Å². The summed E-state index contributed by atoms with van der Waals surface area (Å²) in [7, 11) is 1.66. The Labute approximate surface area is 167 Å². The molecule has 1 aromatic carbocycles. The lowest BCUT2D eigenvalue weighted by atomic mass is 9.90. The molecule has 1 saturated heterocycles. The molecule has 1 aliphatic heterocycles. The van der Waals surface area contributed by atoms with Crippen molar-refractivity contribution in [1.29, 1.82) is 0 Å². The first-order valence-corrected chi connectivity index (χ1v) is 9.30. The minimum atomic E-state index is 0. The second-order valence-electron chi connectivity index (χ2n) is 7.31. The van der Waals surface area contributed by atoms with Gasteiger partial charge in [0.15, 0.2) is 0 Å². The third-order valence-electron chi connectivity index (χ3n) is 5.56. The molecule has 2 aromatic rings. The van der Waals surface area contributed by atoms with Gasteiger partial charge in [0.05, 0.1) is 12.7 Å². The summed E-state index contributed by atoms with van der Waals surface area (Å²) in [5.74, 6) is 1.47. The summed E-state index contributed by atoms with van der Waals surface area (Å²) >= 11 is 0. The maximum absolute atomic E-state index is 13.1. The number of carbonyl (C=O) groups is 1. The first-order valence-electron chi connectivity index (χ1n) is 9.30. The van der Waals surface area contributed by atoms with Crippen molar-refractivity contribution in [3.8, 4) is 11.4 Å². The number of carbonyl (C=O) groups excluding carboxylic acids is 1. The van der Waals surface area contributed by atoms with Crippen LogP contribution < -0.4 is 10.5 Å². The van der Waals surface area contributed by atoms with Crippen LogP contribution in [0.4, 0.5) is 0 Å². The van der Waals surface area contributed by atoms with Crippen molar-refractivity contribution in [3.05, 3.63) is 47.3 Å².